The minimum atomic E-state index is -3.63. The Morgan fingerprint density at radius 1 is 0.893 bits per heavy atom. The Kier molecular flexibility index (Phi) is 6.11. The summed E-state index contributed by atoms with van der Waals surface area (Å²) in [5, 5.41) is 5.49. The van der Waals surface area contributed by atoms with Crippen molar-refractivity contribution in [2.24, 2.45) is 5.92 Å². The Hall–Kier alpha value is -2.71. The molecule has 0 saturated carbocycles. The van der Waals surface area contributed by atoms with Gasteiger partial charge < -0.3 is 10.6 Å². The summed E-state index contributed by atoms with van der Waals surface area (Å²) >= 11 is 0. The zero-order valence-electron chi connectivity index (χ0n) is 15.6. The van der Waals surface area contributed by atoms with E-state index in [2.05, 4.69) is 10.6 Å². The molecule has 3 rings (SSSR count). The lowest BCUT2D eigenvalue weighted by molar-refractivity contribution is -0.121. The first-order valence-electron chi connectivity index (χ1n) is 9.10. The van der Waals surface area contributed by atoms with Gasteiger partial charge in [-0.25, -0.2) is 8.42 Å². The van der Waals surface area contributed by atoms with Crippen LogP contribution in [-0.2, 0) is 19.6 Å². The Labute approximate surface area is 164 Å². The second kappa shape index (κ2) is 8.53. The zero-order valence-corrected chi connectivity index (χ0v) is 16.4. The molecule has 2 aromatic carbocycles. The molecule has 0 bridgehead atoms. The third-order valence-corrected chi connectivity index (χ3v) is 6.59. The predicted molar refractivity (Wildman–Crippen MR) is 107 cm³/mol. The van der Waals surface area contributed by atoms with Crippen molar-refractivity contribution in [3.63, 3.8) is 0 Å². The lowest BCUT2D eigenvalue weighted by Gasteiger charge is -2.30. The smallest absolute Gasteiger partial charge is 0.243 e. The van der Waals surface area contributed by atoms with Crippen LogP contribution in [-0.4, -0.2) is 37.6 Å². The Morgan fingerprint density at radius 3 is 2.04 bits per heavy atom. The quantitative estimate of drug-likeness (QED) is 0.805. The lowest BCUT2D eigenvalue weighted by atomic mass is 9.97. The topological polar surface area (TPSA) is 95.6 Å². The Bertz CT molecular complexity index is 935. The fourth-order valence-electron chi connectivity index (χ4n) is 3.19. The van der Waals surface area contributed by atoms with E-state index in [0.717, 1.165) is 5.69 Å². The molecule has 7 nitrogen and oxygen atoms in total. The van der Waals surface area contributed by atoms with Gasteiger partial charge in [-0.15, -0.1) is 0 Å². The summed E-state index contributed by atoms with van der Waals surface area (Å²) in [6, 6.07) is 15.3. The molecular weight excluding hydrogens is 378 g/mol. The summed E-state index contributed by atoms with van der Waals surface area (Å²) in [6.45, 7) is 1.98. The van der Waals surface area contributed by atoms with Gasteiger partial charge in [0.25, 0.3) is 0 Å². The average Bonchev–Trinajstić information content (AvgIpc) is 2.69. The largest absolute Gasteiger partial charge is 0.326 e. The van der Waals surface area contributed by atoms with E-state index in [0.29, 0.717) is 31.6 Å². The first kappa shape index (κ1) is 20.0. The number of hydrogen-bond donors (Lipinski definition) is 2. The van der Waals surface area contributed by atoms with Gasteiger partial charge in [-0.2, -0.15) is 4.31 Å². The maximum Gasteiger partial charge on any atom is 0.243 e. The van der Waals surface area contributed by atoms with Crippen LogP contribution in [0.5, 0.6) is 0 Å². The molecule has 8 heteroatoms. The van der Waals surface area contributed by atoms with Gasteiger partial charge in [0.1, 0.15) is 0 Å². The molecule has 1 heterocycles. The van der Waals surface area contributed by atoms with Crippen LogP contribution in [0.25, 0.3) is 0 Å². The van der Waals surface area contributed by atoms with Crippen LogP contribution < -0.4 is 10.6 Å². The highest BCUT2D eigenvalue weighted by molar-refractivity contribution is 7.89. The number of benzene rings is 2. The number of anilines is 2. The highest BCUT2D eigenvalue weighted by atomic mass is 32.2. The monoisotopic (exact) mass is 401 g/mol. The molecule has 148 valence electrons. The van der Waals surface area contributed by atoms with Crippen LogP contribution >= 0.6 is 0 Å². The molecule has 28 heavy (non-hydrogen) atoms. The van der Waals surface area contributed by atoms with E-state index < -0.39 is 10.0 Å². The van der Waals surface area contributed by atoms with Crippen LogP contribution in [0.4, 0.5) is 11.4 Å². The van der Waals surface area contributed by atoms with Gasteiger partial charge in [0.05, 0.1) is 4.90 Å². The number of sulfonamides is 1. The third-order valence-electron chi connectivity index (χ3n) is 4.68. The van der Waals surface area contributed by atoms with Crippen LogP contribution in [0.1, 0.15) is 19.8 Å². The number of rotatable bonds is 5. The number of carbonyl (C=O) groups excluding carboxylic acids is 2. The maximum absolute atomic E-state index is 12.8. The Morgan fingerprint density at radius 2 is 1.46 bits per heavy atom. The van der Waals surface area contributed by atoms with Crippen molar-refractivity contribution in [3.8, 4) is 0 Å². The molecule has 1 saturated heterocycles. The van der Waals surface area contributed by atoms with Crippen LogP contribution in [0.15, 0.2) is 59.5 Å². The summed E-state index contributed by atoms with van der Waals surface area (Å²) in [5.41, 5.74) is 1.28. The highest BCUT2D eigenvalue weighted by Gasteiger charge is 2.32. The highest BCUT2D eigenvalue weighted by Crippen LogP contribution is 2.25. The van der Waals surface area contributed by atoms with Crippen molar-refractivity contribution < 1.29 is 18.0 Å². The SMILES string of the molecule is CC(=O)Nc1ccc(S(=O)(=O)N2CCC(C(=O)Nc3ccccc3)CC2)cc1. The number of nitrogens with zero attached hydrogens (tertiary/aromatic N) is 1. The summed E-state index contributed by atoms with van der Waals surface area (Å²) in [5.74, 6) is -0.511. The molecule has 1 aliphatic rings. The summed E-state index contributed by atoms with van der Waals surface area (Å²) in [7, 11) is -3.63. The van der Waals surface area contributed by atoms with Gasteiger partial charge in [-0.3, -0.25) is 9.59 Å². The molecule has 0 aliphatic carbocycles. The van der Waals surface area contributed by atoms with Crippen molar-refractivity contribution in [2.75, 3.05) is 23.7 Å². The minimum Gasteiger partial charge on any atom is -0.326 e. The zero-order chi connectivity index (χ0) is 20.1. The van der Waals surface area contributed by atoms with E-state index in [9.17, 15) is 18.0 Å². The number of hydrogen-bond acceptors (Lipinski definition) is 4. The molecule has 0 spiro atoms. The molecule has 0 aromatic heterocycles. The van der Waals surface area contributed by atoms with Gasteiger partial charge in [0.15, 0.2) is 0 Å². The van der Waals surface area contributed by atoms with Gasteiger partial charge in [-0.1, -0.05) is 18.2 Å². The van der Waals surface area contributed by atoms with Crippen molar-refractivity contribution >= 4 is 33.2 Å². The van der Waals surface area contributed by atoms with E-state index in [1.165, 1.54) is 23.4 Å². The molecule has 0 unspecified atom stereocenters. The van der Waals surface area contributed by atoms with E-state index in [1.54, 1.807) is 12.1 Å². The first-order chi connectivity index (χ1) is 13.4. The number of piperidine rings is 1. The van der Waals surface area contributed by atoms with Gasteiger partial charge in [-0.05, 0) is 49.2 Å². The molecule has 0 atom stereocenters. The second-order valence-electron chi connectivity index (χ2n) is 6.74. The molecule has 1 fully saturated rings. The third kappa shape index (κ3) is 4.76. The minimum absolute atomic E-state index is 0.0806. The molecule has 0 radical (unpaired) electrons. The number of carbonyl (C=O) groups is 2. The average molecular weight is 401 g/mol. The molecule has 1 aliphatic heterocycles. The fourth-order valence-corrected chi connectivity index (χ4v) is 4.66. The molecule has 2 amide bonds. The number of nitrogens with one attached hydrogen (secondary N) is 2. The van der Waals surface area contributed by atoms with E-state index in [-0.39, 0.29) is 22.6 Å². The molecular formula is C20H23N3O4S. The van der Waals surface area contributed by atoms with Crippen molar-refractivity contribution in [2.45, 2.75) is 24.7 Å². The fraction of sp³-hybridized carbons (Fsp3) is 0.300. The van der Waals surface area contributed by atoms with Gasteiger partial charge in [0, 0.05) is 37.3 Å². The normalized spacial score (nSPS) is 15.8. The van der Waals surface area contributed by atoms with Gasteiger partial charge >= 0.3 is 0 Å². The number of amides is 2. The van der Waals surface area contributed by atoms with Crippen molar-refractivity contribution in [1.29, 1.82) is 0 Å². The van der Waals surface area contributed by atoms with Crippen molar-refractivity contribution in [1.82, 2.24) is 4.31 Å². The van der Waals surface area contributed by atoms with Gasteiger partial charge in [0.2, 0.25) is 21.8 Å². The van der Waals surface area contributed by atoms with Crippen LogP contribution in [0.3, 0.4) is 0 Å². The molecule has 2 N–H and O–H groups in total. The number of para-hydroxylation sites is 1. The predicted octanol–water partition coefficient (Wildman–Crippen LogP) is 2.68. The van der Waals surface area contributed by atoms with Crippen molar-refractivity contribution in [3.05, 3.63) is 54.6 Å². The van der Waals surface area contributed by atoms with E-state index >= 15 is 0 Å². The van der Waals surface area contributed by atoms with E-state index in [4.69, 9.17) is 0 Å². The van der Waals surface area contributed by atoms with E-state index in [1.807, 2.05) is 30.3 Å². The summed E-state index contributed by atoms with van der Waals surface area (Å²) in [6.07, 6.45) is 0.948. The maximum atomic E-state index is 12.8. The van der Waals surface area contributed by atoms with Crippen LogP contribution in [0.2, 0.25) is 0 Å². The first-order valence-corrected chi connectivity index (χ1v) is 10.5. The Balaban J connectivity index is 1.60. The lowest BCUT2D eigenvalue weighted by Crippen LogP contribution is -2.41. The van der Waals surface area contributed by atoms with Crippen LogP contribution in [0, 0.1) is 5.92 Å². The summed E-state index contributed by atoms with van der Waals surface area (Å²) in [4.78, 5) is 23.7. The second-order valence-corrected chi connectivity index (χ2v) is 8.68. The summed E-state index contributed by atoms with van der Waals surface area (Å²) < 4.78 is 27.1. The standard InChI is InChI=1S/C20H23N3O4S/c1-15(24)21-18-7-9-19(10-8-18)28(26,27)23-13-11-16(12-14-23)20(25)22-17-5-3-2-4-6-17/h2-10,16H,11-14H2,1H3,(H,21,24)(H,22,25). The molecule has 2 aromatic rings.